The van der Waals surface area contributed by atoms with Crippen LogP contribution in [0.25, 0.3) is 11.3 Å². The number of nitrogens with one attached hydrogen (secondary N) is 1. The second-order valence-electron chi connectivity index (χ2n) is 5.92. The van der Waals surface area contributed by atoms with Gasteiger partial charge in [0, 0.05) is 16.5 Å². The average molecular weight is 347 g/mol. The van der Waals surface area contributed by atoms with Gasteiger partial charge in [-0.25, -0.2) is 10.4 Å². The molecule has 0 unspecified atom stereocenters. The third kappa shape index (κ3) is 3.51. The van der Waals surface area contributed by atoms with Crippen LogP contribution in [-0.4, -0.2) is 16.6 Å². The molecule has 1 aliphatic rings. The number of hydrogen-bond donors (Lipinski definition) is 1. The van der Waals surface area contributed by atoms with Crippen LogP contribution < -0.4 is 5.43 Å². The Morgan fingerprint density at radius 3 is 2.76 bits per heavy atom. The van der Waals surface area contributed by atoms with E-state index in [-0.39, 0.29) is 12.3 Å². The van der Waals surface area contributed by atoms with Gasteiger partial charge in [-0.2, -0.15) is 5.10 Å². The molecule has 3 aromatic rings. The summed E-state index contributed by atoms with van der Waals surface area (Å²) in [7, 11) is 0. The summed E-state index contributed by atoms with van der Waals surface area (Å²) in [5.74, 6) is -0.133. The monoisotopic (exact) mass is 347 g/mol. The van der Waals surface area contributed by atoms with Crippen molar-refractivity contribution >= 4 is 23.0 Å². The summed E-state index contributed by atoms with van der Waals surface area (Å²) >= 11 is 1.50. The number of benzene rings is 2. The van der Waals surface area contributed by atoms with Crippen molar-refractivity contribution in [1.29, 1.82) is 0 Å². The Balaban J connectivity index is 1.40. The molecule has 124 valence electrons. The molecule has 0 bridgehead atoms. The van der Waals surface area contributed by atoms with E-state index in [1.807, 2.05) is 47.8 Å². The molecular formula is C20H17N3OS. The second kappa shape index (κ2) is 6.99. The topological polar surface area (TPSA) is 54.4 Å². The normalized spacial score (nSPS) is 14.5. The van der Waals surface area contributed by atoms with Crippen LogP contribution in [0.15, 0.2) is 65.1 Å². The first-order valence-corrected chi connectivity index (χ1v) is 9.11. The van der Waals surface area contributed by atoms with Gasteiger partial charge in [0.15, 0.2) is 0 Å². The number of carbonyl (C=O) groups excluding carboxylic acids is 1. The van der Waals surface area contributed by atoms with Crippen molar-refractivity contribution in [3.8, 4) is 11.3 Å². The van der Waals surface area contributed by atoms with Crippen LogP contribution in [0.1, 0.15) is 22.6 Å². The Labute approximate surface area is 150 Å². The smallest absolute Gasteiger partial charge is 0.246 e. The molecule has 0 atom stereocenters. The van der Waals surface area contributed by atoms with Crippen LogP contribution in [-0.2, 0) is 17.6 Å². The molecule has 5 heteroatoms. The number of aryl methyl sites for hydroxylation is 1. The number of hydrazone groups is 1. The van der Waals surface area contributed by atoms with Crippen molar-refractivity contribution in [2.45, 2.75) is 19.3 Å². The summed E-state index contributed by atoms with van der Waals surface area (Å²) in [5, 5.41) is 7.10. The highest BCUT2D eigenvalue weighted by Gasteiger charge is 2.17. The van der Waals surface area contributed by atoms with E-state index in [2.05, 4.69) is 27.6 Å². The van der Waals surface area contributed by atoms with Gasteiger partial charge < -0.3 is 0 Å². The highest BCUT2D eigenvalue weighted by molar-refractivity contribution is 7.10. The number of thiazole rings is 1. The molecule has 1 N–H and O–H groups in total. The van der Waals surface area contributed by atoms with Gasteiger partial charge in [-0.15, -0.1) is 11.3 Å². The van der Waals surface area contributed by atoms with E-state index >= 15 is 0 Å². The highest BCUT2D eigenvalue weighted by atomic mass is 32.1. The lowest BCUT2D eigenvalue weighted by molar-refractivity contribution is -0.120. The molecule has 0 saturated carbocycles. The zero-order chi connectivity index (χ0) is 17.1. The van der Waals surface area contributed by atoms with Crippen LogP contribution in [0.3, 0.4) is 0 Å². The fraction of sp³-hybridized carbons (Fsp3) is 0.150. The van der Waals surface area contributed by atoms with E-state index in [9.17, 15) is 4.79 Å². The largest absolute Gasteiger partial charge is 0.273 e. The number of carbonyl (C=O) groups is 1. The number of aromatic nitrogens is 1. The summed E-state index contributed by atoms with van der Waals surface area (Å²) in [6.07, 6.45) is 2.10. The summed E-state index contributed by atoms with van der Waals surface area (Å²) in [6.45, 7) is 0. The Morgan fingerprint density at radius 2 is 1.88 bits per heavy atom. The first-order valence-electron chi connectivity index (χ1n) is 8.23. The maximum absolute atomic E-state index is 12.2. The van der Waals surface area contributed by atoms with Crippen molar-refractivity contribution in [1.82, 2.24) is 10.4 Å². The minimum atomic E-state index is -0.133. The number of amides is 1. The van der Waals surface area contributed by atoms with Gasteiger partial charge in [0.25, 0.3) is 0 Å². The van der Waals surface area contributed by atoms with E-state index in [0.717, 1.165) is 40.4 Å². The first kappa shape index (κ1) is 15.7. The van der Waals surface area contributed by atoms with Crippen LogP contribution in [0.5, 0.6) is 0 Å². The van der Waals surface area contributed by atoms with Gasteiger partial charge >= 0.3 is 0 Å². The molecule has 0 radical (unpaired) electrons. The van der Waals surface area contributed by atoms with Crippen LogP contribution in [0.4, 0.5) is 0 Å². The van der Waals surface area contributed by atoms with Gasteiger partial charge in [0.1, 0.15) is 5.01 Å². The molecule has 2 aromatic carbocycles. The fourth-order valence-corrected chi connectivity index (χ4v) is 3.77. The lowest BCUT2D eigenvalue weighted by atomic mass is 10.1. The van der Waals surface area contributed by atoms with Crippen molar-refractivity contribution in [2.75, 3.05) is 0 Å². The molecule has 1 aliphatic carbocycles. The van der Waals surface area contributed by atoms with Gasteiger partial charge in [0.2, 0.25) is 5.91 Å². The van der Waals surface area contributed by atoms with E-state index in [4.69, 9.17) is 0 Å². The summed E-state index contributed by atoms with van der Waals surface area (Å²) in [4.78, 5) is 16.7. The van der Waals surface area contributed by atoms with Crippen LogP contribution >= 0.6 is 11.3 Å². The third-order valence-electron chi connectivity index (χ3n) is 4.21. The molecule has 4 rings (SSSR count). The Hall–Kier alpha value is -2.79. The van der Waals surface area contributed by atoms with Gasteiger partial charge in [-0.05, 0) is 18.4 Å². The van der Waals surface area contributed by atoms with E-state index in [1.165, 1.54) is 16.9 Å². The molecule has 25 heavy (non-hydrogen) atoms. The zero-order valence-electron chi connectivity index (χ0n) is 13.6. The Bertz CT molecular complexity index is 931. The van der Waals surface area contributed by atoms with Gasteiger partial charge in [0.05, 0.1) is 17.8 Å². The fourth-order valence-electron chi connectivity index (χ4n) is 2.96. The SMILES string of the molecule is O=C(Cc1nc(-c2ccccc2)cs1)N/N=C1/CCc2ccccc21. The summed E-state index contributed by atoms with van der Waals surface area (Å²) in [5.41, 5.74) is 8.04. The minimum Gasteiger partial charge on any atom is -0.273 e. The van der Waals surface area contributed by atoms with E-state index in [0.29, 0.717) is 0 Å². The van der Waals surface area contributed by atoms with E-state index in [1.54, 1.807) is 0 Å². The highest BCUT2D eigenvalue weighted by Crippen LogP contribution is 2.23. The van der Waals surface area contributed by atoms with Crippen molar-refractivity contribution in [3.05, 3.63) is 76.1 Å². The molecule has 4 nitrogen and oxygen atoms in total. The minimum absolute atomic E-state index is 0.133. The summed E-state index contributed by atoms with van der Waals surface area (Å²) in [6, 6.07) is 18.2. The second-order valence-corrected chi connectivity index (χ2v) is 6.86. The predicted octanol–water partition coefficient (Wildman–Crippen LogP) is 3.82. The number of fused-ring (bicyclic) bond motifs is 1. The molecule has 1 amide bonds. The predicted molar refractivity (Wildman–Crippen MR) is 101 cm³/mol. The van der Waals surface area contributed by atoms with Crippen molar-refractivity contribution < 1.29 is 4.79 Å². The molecule has 1 aromatic heterocycles. The quantitative estimate of drug-likeness (QED) is 0.730. The number of rotatable bonds is 4. The Kier molecular flexibility index (Phi) is 4.39. The van der Waals surface area contributed by atoms with Crippen molar-refractivity contribution in [2.24, 2.45) is 5.10 Å². The number of nitrogens with zero attached hydrogens (tertiary/aromatic N) is 2. The molecule has 0 aliphatic heterocycles. The maximum atomic E-state index is 12.2. The Morgan fingerprint density at radius 1 is 1.08 bits per heavy atom. The lowest BCUT2D eigenvalue weighted by Gasteiger charge is -2.01. The van der Waals surface area contributed by atoms with Gasteiger partial charge in [-0.3, -0.25) is 4.79 Å². The summed E-state index contributed by atoms with van der Waals surface area (Å²) < 4.78 is 0. The van der Waals surface area contributed by atoms with Crippen LogP contribution in [0, 0.1) is 0 Å². The lowest BCUT2D eigenvalue weighted by Crippen LogP contribution is -2.21. The molecule has 1 heterocycles. The van der Waals surface area contributed by atoms with Gasteiger partial charge in [-0.1, -0.05) is 54.6 Å². The standard InChI is InChI=1S/C20H17N3OS/c24-19(23-22-17-11-10-14-6-4-5-9-16(14)17)12-20-21-18(13-25-20)15-7-2-1-3-8-15/h1-9,13H,10-12H2,(H,23,24)/b22-17-. The third-order valence-corrected chi connectivity index (χ3v) is 5.06. The zero-order valence-corrected chi connectivity index (χ0v) is 14.4. The van der Waals surface area contributed by atoms with Crippen LogP contribution in [0.2, 0.25) is 0 Å². The molecule has 0 spiro atoms. The van der Waals surface area contributed by atoms with E-state index < -0.39 is 0 Å². The molecule has 0 fully saturated rings. The average Bonchev–Trinajstić information content (AvgIpc) is 3.28. The molecular weight excluding hydrogens is 330 g/mol. The molecule has 0 saturated heterocycles. The first-order chi connectivity index (χ1) is 12.3. The number of hydrogen-bond acceptors (Lipinski definition) is 4. The van der Waals surface area contributed by atoms with Crippen molar-refractivity contribution in [3.63, 3.8) is 0 Å². The maximum Gasteiger partial charge on any atom is 0.246 e.